The Morgan fingerprint density at radius 2 is 2.15 bits per heavy atom. The molecule has 0 aliphatic carbocycles. The molecular weight excluding hydrogens is 266 g/mol. The average Bonchev–Trinajstić information content (AvgIpc) is 2.78. The van der Waals surface area contributed by atoms with E-state index in [-0.39, 0.29) is 18.9 Å². The van der Waals surface area contributed by atoms with Gasteiger partial charge >= 0.3 is 18.0 Å². The van der Waals surface area contributed by atoms with Crippen LogP contribution in [0, 0.1) is 0 Å². The molecule has 3 N–H and O–H groups in total. The summed E-state index contributed by atoms with van der Waals surface area (Å²) < 4.78 is 4.44. The molecule has 1 aliphatic heterocycles. The van der Waals surface area contributed by atoms with Gasteiger partial charge in [-0.2, -0.15) is 0 Å². The molecule has 2 amide bonds. The summed E-state index contributed by atoms with van der Waals surface area (Å²) in [6, 6.07) is -1.61. The van der Waals surface area contributed by atoms with Crippen LogP contribution in [0.15, 0.2) is 0 Å². The number of ether oxygens (including phenoxy) is 1. The zero-order valence-corrected chi connectivity index (χ0v) is 11.7. The van der Waals surface area contributed by atoms with Crippen molar-refractivity contribution in [3.8, 4) is 0 Å². The molecule has 1 fully saturated rings. The number of carboxylic acids is 1. The van der Waals surface area contributed by atoms with Crippen LogP contribution in [-0.4, -0.2) is 67.3 Å². The first kappa shape index (κ1) is 16.2. The minimum Gasteiger partial charge on any atom is -0.480 e. The quantitative estimate of drug-likeness (QED) is 0.563. The van der Waals surface area contributed by atoms with E-state index < -0.39 is 24.0 Å². The zero-order valence-electron chi connectivity index (χ0n) is 11.7. The lowest BCUT2D eigenvalue weighted by molar-refractivity contribution is -0.142. The van der Waals surface area contributed by atoms with Crippen LogP contribution in [0.25, 0.3) is 0 Å². The topological polar surface area (TPSA) is 108 Å². The van der Waals surface area contributed by atoms with Crippen LogP contribution < -0.4 is 10.6 Å². The number of aliphatic carboxylic acids is 1. The Labute approximate surface area is 117 Å². The van der Waals surface area contributed by atoms with E-state index in [1.165, 1.54) is 7.11 Å². The van der Waals surface area contributed by atoms with Gasteiger partial charge < -0.3 is 25.4 Å². The molecule has 1 unspecified atom stereocenters. The number of likely N-dealkylation sites (N-methyl/N-ethyl adjacent to an activating group) is 1. The zero-order chi connectivity index (χ0) is 15.1. The van der Waals surface area contributed by atoms with Crippen molar-refractivity contribution in [2.24, 2.45) is 0 Å². The maximum Gasteiger partial charge on any atom is 0.326 e. The van der Waals surface area contributed by atoms with Gasteiger partial charge in [-0.05, 0) is 26.4 Å². The van der Waals surface area contributed by atoms with Gasteiger partial charge in [0.2, 0.25) is 0 Å². The van der Waals surface area contributed by atoms with Crippen molar-refractivity contribution in [3.63, 3.8) is 0 Å². The number of hydrogen-bond donors (Lipinski definition) is 3. The molecule has 0 radical (unpaired) electrons. The minimum atomic E-state index is -1.17. The number of carbonyl (C=O) groups excluding carboxylic acids is 2. The van der Waals surface area contributed by atoms with E-state index in [1.807, 2.05) is 7.05 Å². The standard InChI is InChI=1S/C12H21N3O5/c1-15-6-5-8(7-15)13-12(19)14-9(11(17)18)3-4-10(16)20-2/h8-9H,3-7H2,1-2H3,(H,17,18)(H2,13,14,19)/t8?,9-/m1/s1. The monoisotopic (exact) mass is 287 g/mol. The number of methoxy groups -OCH3 is 1. The lowest BCUT2D eigenvalue weighted by Crippen LogP contribution is -2.49. The number of amides is 2. The van der Waals surface area contributed by atoms with Gasteiger partial charge in [0, 0.05) is 19.0 Å². The summed E-state index contributed by atoms with van der Waals surface area (Å²) in [5.74, 6) is -1.68. The van der Waals surface area contributed by atoms with Crippen LogP contribution in [-0.2, 0) is 14.3 Å². The number of urea groups is 1. The first-order chi connectivity index (χ1) is 9.42. The minimum absolute atomic E-state index is 0.00000386. The van der Waals surface area contributed by atoms with E-state index in [0.29, 0.717) is 0 Å². The normalized spacial score (nSPS) is 20.2. The number of hydrogen-bond acceptors (Lipinski definition) is 5. The molecule has 0 spiro atoms. The first-order valence-electron chi connectivity index (χ1n) is 6.47. The predicted octanol–water partition coefficient (Wildman–Crippen LogP) is -0.604. The highest BCUT2D eigenvalue weighted by atomic mass is 16.5. The van der Waals surface area contributed by atoms with Gasteiger partial charge in [-0.3, -0.25) is 4.79 Å². The third-order valence-electron chi connectivity index (χ3n) is 3.19. The van der Waals surface area contributed by atoms with Crippen LogP contribution in [0.4, 0.5) is 4.79 Å². The molecule has 0 saturated carbocycles. The Hall–Kier alpha value is -1.83. The van der Waals surface area contributed by atoms with Crippen LogP contribution in [0.1, 0.15) is 19.3 Å². The molecule has 1 heterocycles. The molecule has 0 aromatic rings. The van der Waals surface area contributed by atoms with Gasteiger partial charge in [-0.1, -0.05) is 0 Å². The fourth-order valence-corrected chi connectivity index (χ4v) is 2.06. The third kappa shape index (κ3) is 5.43. The van der Waals surface area contributed by atoms with Gasteiger partial charge in [-0.25, -0.2) is 9.59 Å². The Morgan fingerprint density at radius 3 is 2.65 bits per heavy atom. The van der Waals surface area contributed by atoms with Crippen LogP contribution in [0.5, 0.6) is 0 Å². The summed E-state index contributed by atoms with van der Waals surface area (Å²) in [7, 11) is 3.19. The fourth-order valence-electron chi connectivity index (χ4n) is 2.06. The van der Waals surface area contributed by atoms with Crippen molar-refractivity contribution >= 4 is 18.0 Å². The SMILES string of the molecule is COC(=O)CC[C@@H](NC(=O)NC1CCN(C)C1)C(=O)O. The molecule has 2 atom stereocenters. The van der Waals surface area contributed by atoms with Crippen LogP contribution >= 0.6 is 0 Å². The summed E-state index contributed by atoms with van der Waals surface area (Å²) in [5.41, 5.74) is 0. The summed E-state index contributed by atoms with van der Waals surface area (Å²) in [5, 5.41) is 14.1. The Balaban J connectivity index is 2.38. The first-order valence-corrected chi connectivity index (χ1v) is 6.47. The number of carboxylic acid groups (broad SMARTS) is 1. The molecule has 8 nitrogen and oxygen atoms in total. The van der Waals surface area contributed by atoms with Gasteiger partial charge in [0.05, 0.1) is 7.11 Å². The van der Waals surface area contributed by atoms with Crippen molar-refractivity contribution in [3.05, 3.63) is 0 Å². The molecular formula is C12H21N3O5. The van der Waals surface area contributed by atoms with Gasteiger partial charge in [0.25, 0.3) is 0 Å². The van der Waals surface area contributed by atoms with Crippen molar-refractivity contribution in [2.75, 3.05) is 27.2 Å². The third-order valence-corrected chi connectivity index (χ3v) is 3.19. The highest BCUT2D eigenvalue weighted by Gasteiger charge is 2.25. The highest BCUT2D eigenvalue weighted by Crippen LogP contribution is 2.06. The summed E-state index contributed by atoms with van der Waals surface area (Å²) in [4.78, 5) is 35.8. The van der Waals surface area contributed by atoms with E-state index in [4.69, 9.17) is 5.11 Å². The van der Waals surface area contributed by atoms with Crippen molar-refractivity contribution in [2.45, 2.75) is 31.3 Å². The molecule has 0 aromatic heterocycles. The molecule has 1 rings (SSSR count). The second-order valence-corrected chi connectivity index (χ2v) is 4.87. The van der Waals surface area contributed by atoms with Gasteiger partial charge in [0.15, 0.2) is 0 Å². The van der Waals surface area contributed by atoms with Crippen LogP contribution in [0.2, 0.25) is 0 Å². The molecule has 8 heteroatoms. The molecule has 20 heavy (non-hydrogen) atoms. The number of nitrogens with one attached hydrogen (secondary N) is 2. The Kier molecular flexibility index (Phi) is 6.23. The van der Waals surface area contributed by atoms with Crippen molar-refractivity contribution in [1.82, 2.24) is 15.5 Å². The molecule has 0 aromatic carbocycles. The Bertz CT molecular complexity index is 374. The summed E-state index contributed by atoms with van der Waals surface area (Å²) in [6.07, 6.45) is 0.781. The largest absolute Gasteiger partial charge is 0.480 e. The second kappa shape index (κ2) is 7.68. The number of carbonyl (C=O) groups is 3. The predicted molar refractivity (Wildman–Crippen MR) is 70.2 cm³/mol. The number of esters is 1. The number of rotatable bonds is 6. The van der Waals surface area contributed by atoms with E-state index in [0.717, 1.165) is 19.5 Å². The van der Waals surface area contributed by atoms with Crippen molar-refractivity contribution < 1.29 is 24.2 Å². The molecule has 1 saturated heterocycles. The smallest absolute Gasteiger partial charge is 0.326 e. The lowest BCUT2D eigenvalue weighted by atomic mass is 10.1. The summed E-state index contributed by atoms with van der Waals surface area (Å²) >= 11 is 0. The van der Waals surface area contributed by atoms with Gasteiger partial charge in [-0.15, -0.1) is 0 Å². The average molecular weight is 287 g/mol. The van der Waals surface area contributed by atoms with Crippen molar-refractivity contribution in [1.29, 1.82) is 0 Å². The maximum absolute atomic E-state index is 11.7. The molecule has 114 valence electrons. The van der Waals surface area contributed by atoms with E-state index in [1.54, 1.807) is 0 Å². The number of likely N-dealkylation sites (tertiary alicyclic amines) is 1. The second-order valence-electron chi connectivity index (χ2n) is 4.87. The maximum atomic E-state index is 11.7. The fraction of sp³-hybridized carbons (Fsp3) is 0.750. The van der Waals surface area contributed by atoms with Gasteiger partial charge in [0.1, 0.15) is 6.04 Å². The molecule has 1 aliphatic rings. The van der Waals surface area contributed by atoms with E-state index >= 15 is 0 Å². The lowest BCUT2D eigenvalue weighted by Gasteiger charge is -2.17. The Morgan fingerprint density at radius 1 is 1.45 bits per heavy atom. The van der Waals surface area contributed by atoms with E-state index in [9.17, 15) is 14.4 Å². The number of nitrogens with zero attached hydrogens (tertiary/aromatic N) is 1. The summed E-state index contributed by atoms with van der Waals surface area (Å²) in [6.45, 7) is 1.64. The van der Waals surface area contributed by atoms with E-state index in [2.05, 4.69) is 20.3 Å². The van der Waals surface area contributed by atoms with Crippen LogP contribution in [0.3, 0.4) is 0 Å². The highest BCUT2D eigenvalue weighted by molar-refractivity contribution is 5.83. The molecule has 0 bridgehead atoms.